The molecule has 1 aromatic heterocycles. The maximum atomic E-state index is 12.6. The summed E-state index contributed by atoms with van der Waals surface area (Å²) in [6.45, 7) is 1.88. The van der Waals surface area contributed by atoms with Crippen molar-refractivity contribution in [2.24, 2.45) is 0 Å². The van der Waals surface area contributed by atoms with Gasteiger partial charge in [0.15, 0.2) is 9.84 Å². The molecule has 2 aromatic carbocycles. The zero-order valence-electron chi connectivity index (χ0n) is 13.5. The number of rotatable bonds is 5. The topological polar surface area (TPSA) is 71.4 Å². The van der Waals surface area contributed by atoms with E-state index >= 15 is 0 Å². The Morgan fingerprint density at radius 1 is 1.04 bits per heavy atom. The summed E-state index contributed by atoms with van der Waals surface area (Å²) in [4.78, 5) is 12.6. The molecule has 1 heterocycles. The van der Waals surface area contributed by atoms with Crippen LogP contribution in [0.1, 0.15) is 20.8 Å². The first-order chi connectivity index (χ1) is 11.9. The van der Waals surface area contributed by atoms with Crippen LogP contribution in [0, 0.1) is 6.92 Å². The third-order valence-electron chi connectivity index (χ3n) is 3.79. The van der Waals surface area contributed by atoms with E-state index in [4.69, 9.17) is 0 Å². The fraction of sp³-hybridized carbons (Fsp3) is 0.105. The van der Waals surface area contributed by atoms with E-state index in [1.165, 1.54) is 0 Å². The predicted molar refractivity (Wildman–Crippen MR) is 98.8 cm³/mol. The fourth-order valence-corrected chi connectivity index (χ4v) is 4.97. The van der Waals surface area contributed by atoms with Crippen LogP contribution in [0.2, 0.25) is 0 Å². The highest BCUT2D eigenvalue weighted by atomic mass is 32.2. The first kappa shape index (κ1) is 17.4. The number of carboxylic acids is 1. The Morgan fingerprint density at radius 3 is 2.28 bits per heavy atom. The van der Waals surface area contributed by atoms with Crippen molar-refractivity contribution >= 4 is 27.1 Å². The molecule has 0 aliphatic rings. The Balaban J connectivity index is 2.00. The summed E-state index contributed by atoms with van der Waals surface area (Å²) in [6.07, 6.45) is 0. The molecule has 3 aromatic rings. The molecule has 0 fully saturated rings. The first-order valence-electron chi connectivity index (χ1n) is 7.58. The van der Waals surface area contributed by atoms with E-state index in [1.54, 1.807) is 30.3 Å². The molecule has 0 radical (unpaired) electrons. The van der Waals surface area contributed by atoms with Gasteiger partial charge in [-0.25, -0.2) is 13.2 Å². The van der Waals surface area contributed by atoms with Gasteiger partial charge in [0.25, 0.3) is 0 Å². The van der Waals surface area contributed by atoms with Gasteiger partial charge in [-0.3, -0.25) is 0 Å². The van der Waals surface area contributed by atoms with Gasteiger partial charge in [0.05, 0.1) is 10.6 Å². The van der Waals surface area contributed by atoms with Crippen LogP contribution in [0.25, 0.3) is 10.4 Å². The molecule has 0 aliphatic heterocycles. The van der Waals surface area contributed by atoms with Gasteiger partial charge < -0.3 is 5.11 Å². The van der Waals surface area contributed by atoms with Crippen LogP contribution in [0.4, 0.5) is 0 Å². The summed E-state index contributed by atoms with van der Waals surface area (Å²) >= 11 is 1.10. The minimum Gasteiger partial charge on any atom is -0.477 e. The lowest BCUT2D eigenvalue weighted by Crippen LogP contribution is -2.07. The lowest BCUT2D eigenvalue weighted by atomic mass is 10.1. The summed E-state index contributed by atoms with van der Waals surface area (Å²) in [6, 6.07) is 17.6. The van der Waals surface area contributed by atoms with Crippen LogP contribution in [0.15, 0.2) is 65.6 Å². The summed E-state index contributed by atoms with van der Waals surface area (Å²) in [5.41, 5.74) is 2.15. The van der Waals surface area contributed by atoms with Crippen molar-refractivity contribution in [3.63, 3.8) is 0 Å². The summed E-state index contributed by atoms with van der Waals surface area (Å²) in [7, 11) is -3.61. The van der Waals surface area contributed by atoms with E-state index < -0.39 is 15.8 Å². The number of thiophene rings is 1. The van der Waals surface area contributed by atoms with E-state index in [0.717, 1.165) is 27.3 Å². The average molecular weight is 372 g/mol. The zero-order valence-corrected chi connectivity index (χ0v) is 15.1. The number of carboxylic acid groups (broad SMARTS) is 1. The second-order valence-corrected chi connectivity index (χ2v) is 8.75. The number of aromatic carboxylic acids is 1. The largest absolute Gasteiger partial charge is 0.477 e. The number of carbonyl (C=O) groups is 1. The normalized spacial score (nSPS) is 11.4. The van der Waals surface area contributed by atoms with Crippen LogP contribution < -0.4 is 0 Å². The monoisotopic (exact) mass is 372 g/mol. The molecule has 0 bridgehead atoms. The second-order valence-electron chi connectivity index (χ2n) is 5.71. The van der Waals surface area contributed by atoms with Crippen molar-refractivity contribution < 1.29 is 18.3 Å². The maximum Gasteiger partial charge on any atom is 0.346 e. The molecular formula is C19H16O4S2. The molecule has 0 saturated carbocycles. The molecule has 25 heavy (non-hydrogen) atoms. The molecule has 3 rings (SSSR count). The van der Waals surface area contributed by atoms with E-state index in [0.29, 0.717) is 5.56 Å². The third-order valence-corrected chi connectivity index (χ3v) is 6.68. The van der Waals surface area contributed by atoms with E-state index in [-0.39, 0.29) is 15.5 Å². The first-order valence-corrected chi connectivity index (χ1v) is 10.0. The highest BCUT2D eigenvalue weighted by molar-refractivity contribution is 7.90. The van der Waals surface area contributed by atoms with Gasteiger partial charge in [-0.2, -0.15) is 0 Å². The quantitative estimate of drug-likeness (QED) is 0.721. The molecule has 1 N–H and O–H groups in total. The van der Waals surface area contributed by atoms with E-state index in [2.05, 4.69) is 0 Å². The Kier molecular flexibility index (Phi) is 4.74. The smallest absolute Gasteiger partial charge is 0.346 e. The Morgan fingerprint density at radius 2 is 1.68 bits per heavy atom. The van der Waals surface area contributed by atoms with Gasteiger partial charge in [-0.1, -0.05) is 48.0 Å². The van der Waals surface area contributed by atoms with Crippen molar-refractivity contribution in [3.05, 3.63) is 76.7 Å². The molecule has 0 atom stereocenters. The number of hydrogen-bond donors (Lipinski definition) is 1. The Hall–Kier alpha value is -2.44. The van der Waals surface area contributed by atoms with Crippen LogP contribution in [0.3, 0.4) is 0 Å². The zero-order chi connectivity index (χ0) is 18.0. The highest BCUT2D eigenvalue weighted by Gasteiger charge is 2.23. The third kappa shape index (κ3) is 3.81. The van der Waals surface area contributed by atoms with Crippen LogP contribution in [-0.4, -0.2) is 19.5 Å². The number of sulfone groups is 1. The lowest BCUT2D eigenvalue weighted by molar-refractivity contribution is 0.0701. The van der Waals surface area contributed by atoms with Gasteiger partial charge in [0.2, 0.25) is 0 Å². The molecular weight excluding hydrogens is 356 g/mol. The molecule has 4 nitrogen and oxygen atoms in total. The fourth-order valence-electron chi connectivity index (χ4n) is 2.50. The Bertz CT molecular complexity index is 1000. The molecule has 0 aliphatic carbocycles. The van der Waals surface area contributed by atoms with E-state index in [9.17, 15) is 18.3 Å². The molecule has 128 valence electrons. The molecule has 6 heteroatoms. The van der Waals surface area contributed by atoms with Gasteiger partial charge in [0, 0.05) is 4.88 Å². The molecule has 0 unspecified atom stereocenters. The number of hydrogen-bond acceptors (Lipinski definition) is 4. The number of aryl methyl sites for hydroxylation is 1. The molecule has 0 spiro atoms. The van der Waals surface area contributed by atoms with Crippen LogP contribution >= 0.6 is 11.3 Å². The lowest BCUT2D eigenvalue weighted by Gasteiger charge is -2.04. The van der Waals surface area contributed by atoms with Gasteiger partial charge in [-0.05, 0) is 36.2 Å². The minimum absolute atomic E-state index is 0.0644. The summed E-state index contributed by atoms with van der Waals surface area (Å²) < 4.78 is 25.3. The van der Waals surface area contributed by atoms with Crippen LogP contribution in [0.5, 0.6) is 0 Å². The SMILES string of the molecule is Cc1ccc(S(=O)(=O)Cc2cc(-c3ccccc3)sc2C(=O)O)cc1. The van der Waals surface area contributed by atoms with Crippen molar-refractivity contribution in [1.82, 2.24) is 0 Å². The van der Waals surface area contributed by atoms with Crippen molar-refractivity contribution in [1.29, 1.82) is 0 Å². The highest BCUT2D eigenvalue weighted by Crippen LogP contribution is 2.33. The minimum atomic E-state index is -3.61. The molecule has 0 amide bonds. The number of benzene rings is 2. The maximum absolute atomic E-state index is 12.6. The van der Waals surface area contributed by atoms with Crippen molar-refractivity contribution in [3.8, 4) is 10.4 Å². The standard InChI is InChI=1S/C19H16O4S2/c1-13-7-9-16(10-8-13)25(22,23)12-15-11-17(24-18(15)19(20)21)14-5-3-2-4-6-14/h2-11H,12H2,1H3,(H,20,21). The van der Waals surface area contributed by atoms with Crippen molar-refractivity contribution in [2.75, 3.05) is 0 Å². The van der Waals surface area contributed by atoms with Gasteiger partial charge in [-0.15, -0.1) is 11.3 Å². The average Bonchev–Trinajstić information content (AvgIpc) is 2.99. The van der Waals surface area contributed by atoms with Gasteiger partial charge >= 0.3 is 5.97 Å². The second kappa shape index (κ2) is 6.82. The summed E-state index contributed by atoms with van der Waals surface area (Å²) in [5, 5.41) is 9.45. The Labute approximate surface area is 150 Å². The van der Waals surface area contributed by atoms with Crippen molar-refractivity contribution in [2.45, 2.75) is 17.6 Å². The van der Waals surface area contributed by atoms with E-state index in [1.807, 2.05) is 37.3 Å². The van der Waals surface area contributed by atoms with Crippen LogP contribution in [-0.2, 0) is 15.6 Å². The van der Waals surface area contributed by atoms with Gasteiger partial charge in [0.1, 0.15) is 4.88 Å². The summed E-state index contributed by atoms with van der Waals surface area (Å²) in [5.74, 6) is -1.44. The predicted octanol–water partition coefficient (Wildman–Crippen LogP) is 4.40. The molecule has 0 saturated heterocycles.